The second kappa shape index (κ2) is 2.21. The third-order valence-corrected chi connectivity index (χ3v) is 1.23. The Kier molecular flexibility index (Phi) is 1.75. The molecule has 44 valence electrons. The summed E-state index contributed by atoms with van der Waals surface area (Å²) in [5.41, 5.74) is -0.818. The molecule has 1 rings (SSSR count). The van der Waals surface area contributed by atoms with Crippen LogP contribution in [0.1, 0.15) is 0 Å². The predicted molar refractivity (Wildman–Crippen MR) is 37.6 cm³/mol. The number of hydrogen-bond acceptors (Lipinski definition) is 2. The van der Waals surface area contributed by atoms with E-state index in [0.717, 1.165) is 0 Å². The lowest BCUT2D eigenvalue weighted by molar-refractivity contribution is -0.140. The SMILES string of the molecule is OC1(C#CI)COC1. The van der Waals surface area contributed by atoms with Gasteiger partial charge in [-0.1, -0.05) is 5.92 Å². The van der Waals surface area contributed by atoms with Crippen LogP contribution in [-0.2, 0) is 4.74 Å². The lowest BCUT2D eigenvalue weighted by Crippen LogP contribution is -2.48. The highest BCUT2D eigenvalue weighted by molar-refractivity contribution is 14.1. The minimum absolute atomic E-state index is 0.364. The number of halogens is 1. The standard InChI is InChI=1S/C5H5IO2/c6-2-1-5(7)3-8-4-5/h7H,3-4H2. The Morgan fingerprint density at radius 2 is 2.25 bits per heavy atom. The Morgan fingerprint density at radius 3 is 2.38 bits per heavy atom. The van der Waals surface area contributed by atoms with Crippen molar-refractivity contribution in [3.63, 3.8) is 0 Å². The Bertz CT molecular complexity index is 140. The monoisotopic (exact) mass is 224 g/mol. The van der Waals surface area contributed by atoms with Crippen molar-refractivity contribution in [2.45, 2.75) is 5.60 Å². The molecule has 0 bridgehead atoms. The van der Waals surface area contributed by atoms with Crippen LogP contribution in [0.4, 0.5) is 0 Å². The zero-order valence-corrected chi connectivity index (χ0v) is 6.31. The average molecular weight is 224 g/mol. The van der Waals surface area contributed by atoms with Crippen LogP contribution >= 0.6 is 22.6 Å². The van der Waals surface area contributed by atoms with Gasteiger partial charge >= 0.3 is 0 Å². The van der Waals surface area contributed by atoms with Crippen LogP contribution < -0.4 is 0 Å². The highest BCUT2D eigenvalue weighted by atomic mass is 127. The molecule has 1 aliphatic rings. The minimum Gasteiger partial charge on any atom is -0.373 e. The molecule has 1 aliphatic heterocycles. The number of ether oxygens (including phenoxy) is 1. The summed E-state index contributed by atoms with van der Waals surface area (Å²) >= 11 is 1.89. The Labute approximate surface area is 61.4 Å². The largest absolute Gasteiger partial charge is 0.373 e. The second-order valence-corrected chi connectivity index (χ2v) is 2.28. The van der Waals surface area contributed by atoms with Crippen molar-refractivity contribution >= 4 is 22.6 Å². The molecule has 0 saturated carbocycles. The molecule has 1 saturated heterocycles. The first-order valence-corrected chi connectivity index (χ1v) is 3.28. The lowest BCUT2D eigenvalue weighted by Gasteiger charge is -2.30. The van der Waals surface area contributed by atoms with Crippen molar-refractivity contribution in [1.29, 1.82) is 0 Å². The van der Waals surface area contributed by atoms with Gasteiger partial charge in [0.25, 0.3) is 0 Å². The van der Waals surface area contributed by atoms with Crippen LogP contribution in [0.2, 0.25) is 0 Å². The summed E-state index contributed by atoms with van der Waals surface area (Å²) in [6.07, 6.45) is 0. The maximum absolute atomic E-state index is 9.11. The summed E-state index contributed by atoms with van der Waals surface area (Å²) in [7, 11) is 0. The zero-order chi connectivity index (χ0) is 6.04. The van der Waals surface area contributed by atoms with E-state index in [2.05, 4.69) is 9.85 Å². The first-order chi connectivity index (χ1) is 3.77. The van der Waals surface area contributed by atoms with E-state index in [9.17, 15) is 0 Å². The number of hydrogen-bond donors (Lipinski definition) is 1. The van der Waals surface area contributed by atoms with E-state index < -0.39 is 5.60 Å². The topological polar surface area (TPSA) is 29.5 Å². The van der Waals surface area contributed by atoms with Gasteiger partial charge in [0.05, 0.1) is 13.2 Å². The van der Waals surface area contributed by atoms with Crippen molar-refractivity contribution in [2.75, 3.05) is 13.2 Å². The van der Waals surface area contributed by atoms with Crippen molar-refractivity contribution < 1.29 is 9.84 Å². The van der Waals surface area contributed by atoms with E-state index in [0.29, 0.717) is 13.2 Å². The average Bonchev–Trinajstić information content (AvgIpc) is 1.64. The highest BCUT2D eigenvalue weighted by Gasteiger charge is 2.33. The third kappa shape index (κ3) is 1.13. The molecule has 1 N–H and O–H groups in total. The smallest absolute Gasteiger partial charge is 0.172 e. The van der Waals surface area contributed by atoms with Crippen LogP contribution in [0.5, 0.6) is 0 Å². The Hall–Kier alpha value is 0.210. The van der Waals surface area contributed by atoms with E-state index in [1.165, 1.54) is 0 Å². The van der Waals surface area contributed by atoms with Crippen LogP contribution in [0.3, 0.4) is 0 Å². The zero-order valence-electron chi connectivity index (χ0n) is 4.15. The van der Waals surface area contributed by atoms with Gasteiger partial charge < -0.3 is 9.84 Å². The molecule has 2 nitrogen and oxygen atoms in total. The number of rotatable bonds is 0. The molecule has 0 aliphatic carbocycles. The van der Waals surface area contributed by atoms with E-state index in [4.69, 9.17) is 9.84 Å². The molecule has 0 atom stereocenters. The van der Waals surface area contributed by atoms with Crippen LogP contribution in [-0.4, -0.2) is 23.9 Å². The maximum atomic E-state index is 9.11. The molecule has 8 heavy (non-hydrogen) atoms. The molecule has 3 heteroatoms. The van der Waals surface area contributed by atoms with Gasteiger partial charge in [-0.3, -0.25) is 0 Å². The maximum Gasteiger partial charge on any atom is 0.172 e. The minimum atomic E-state index is -0.818. The molecule has 0 spiro atoms. The fourth-order valence-corrected chi connectivity index (χ4v) is 0.958. The lowest BCUT2D eigenvalue weighted by atomic mass is 10.1. The van der Waals surface area contributed by atoms with Crippen molar-refractivity contribution in [3.05, 3.63) is 0 Å². The molecule has 0 aromatic heterocycles. The summed E-state index contributed by atoms with van der Waals surface area (Å²) < 4.78 is 7.33. The highest BCUT2D eigenvalue weighted by Crippen LogP contribution is 2.14. The molecule has 0 radical (unpaired) electrons. The van der Waals surface area contributed by atoms with Gasteiger partial charge in [0.1, 0.15) is 0 Å². The van der Waals surface area contributed by atoms with Gasteiger partial charge in [-0.05, 0) is 3.93 Å². The van der Waals surface area contributed by atoms with Gasteiger partial charge in [-0.15, -0.1) is 0 Å². The molecule has 1 heterocycles. The van der Waals surface area contributed by atoms with Crippen LogP contribution in [0.25, 0.3) is 0 Å². The van der Waals surface area contributed by atoms with E-state index >= 15 is 0 Å². The summed E-state index contributed by atoms with van der Waals surface area (Å²) in [6, 6.07) is 0. The molecule has 0 amide bonds. The first-order valence-electron chi connectivity index (χ1n) is 2.20. The second-order valence-electron chi connectivity index (χ2n) is 1.74. The molecule has 1 fully saturated rings. The molecular formula is C5H5IO2. The number of aliphatic hydroxyl groups is 1. The Balaban J connectivity index is 2.49. The first kappa shape index (κ1) is 6.33. The molecule has 0 aromatic carbocycles. The van der Waals surface area contributed by atoms with E-state index in [1.807, 2.05) is 22.6 Å². The fourth-order valence-electron chi connectivity index (χ4n) is 0.456. The van der Waals surface area contributed by atoms with E-state index in [1.54, 1.807) is 0 Å². The van der Waals surface area contributed by atoms with Gasteiger partial charge in [0.15, 0.2) is 5.60 Å². The third-order valence-electron chi connectivity index (χ3n) is 0.962. The molecular weight excluding hydrogens is 219 g/mol. The van der Waals surface area contributed by atoms with Gasteiger partial charge in [0, 0.05) is 22.6 Å². The summed E-state index contributed by atoms with van der Waals surface area (Å²) in [5.74, 6) is 2.63. The van der Waals surface area contributed by atoms with Crippen LogP contribution in [0.15, 0.2) is 0 Å². The van der Waals surface area contributed by atoms with Gasteiger partial charge in [-0.2, -0.15) is 0 Å². The predicted octanol–water partition coefficient (Wildman–Crippen LogP) is 0.144. The molecule has 0 aromatic rings. The quantitative estimate of drug-likeness (QED) is 0.468. The Morgan fingerprint density at radius 1 is 1.62 bits per heavy atom. The van der Waals surface area contributed by atoms with Gasteiger partial charge in [-0.25, -0.2) is 0 Å². The van der Waals surface area contributed by atoms with Crippen molar-refractivity contribution in [3.8, 4) is 9.85 Å². The van der Waals surface area contributed by atoms with Gasteiger partial charge in [0.2, 0.25) is 0 Å². The summed E-state index contributed by atoms with van der Waals surface area (Å²) in [5, 5.41) is 9.11. The van der Waals surface area contributed by atoms with Crippen molar-refractivity contribution in [2.24, 2.45) is 0 Å². The fraction of sp³-hybridized carbons (Fsp3) is 0.600. The summed E-state index contributed by atoms with van der Waals surface area (Å²) in [6.45, 7) is 0.728. The summed E-state index contributed by atoms with van der Waals surface area (Å²) in [4.78, 5) is 0. The normalized spacial score (nSPS) is 22.8. The van der Waals surface area contributed by atoms with Crippen LogP contribution in [0, 0.1) is 9.85 Å². The van der Waals surface area contributed by atoms with E-state index in [-0.39, 0.29) is 0 Å². The molecule has 0 unspecified atom stereocenters. The van der Waals surface area contributed by atoms with Crippen molar-refractivity contribution in [1.82, 2.24) is 0 Å².